The summed E-state index contributed by atoms with van der Waals surface area (Å²) >= 11 is 12.1. The van der Waals surface area contributed by atoms with Crippen molar-refractivity contribution in [1.29, 1.82) is 0 Å². The SMILES string of the molecule is O=c1c(-c2ccc(C(F)(F)F)nc2)nnc2c(-c3ccc(Cl)cc3)c(-c3ccc(Cl)cc3)cnn12. The summed E-state index contributed by atoms with van der Waals surface area (Å²) in [6.07, 6.45) is -2.16. The van der Waals surface area contributed by atoms with Crippen LogP contribution in [0.3, 0.4) is 0 Å². The lowest BCUT2D eigenvalue weighted by atomic mass is 9.97. The highest BCUT2D eigenvalue weighted by atomic mass is 35.5. The molecular weight excluding hydrogens is 502 g/mol. The number of pyridine rings is 1. The average Bonchev–Trinajstić information content (AvgIpc) is 2.84. The highest BCUT2D eigenvalue weighted by Crippen LogP contribution is 2.35. The Morgan fingerprint density at radius 1 is 0.743 bits per heavy atom. The van der Waals surface area contributed by atoms with Gasteiger partial charge in [0.15, 0.2) is 11.3 Å². The van der Waals surface area contributed by atoms with E-state index in [0.717, 1.165) is 28.4 Å². The number of hydrogen-bond acceptors (Lipinski definition) is 5. The number of hydrogen-bond donors (Lipinski definition) is 0. The van der Waals surface area contributed by atoms with Crippen LogP contribution in [0.1, 0.15) is 5.69 Å². The van der Waals surface area contributed by atoms with Gasteiger partial charge in [-0.1, -0.05) is 47.5 Å². The van der Waals surface area contributed by atoms with E-state index < -0.39 is 17.4 Å². The van der Waals surface area contributed by atoms with Crippen molar-refractivity contribution in [2.24, 2.45) is 0 Å². The van der Waals surface area contributed by atoms with Crippen molar-refractivity contribution in [2.45, 2.75) is 6.18 Å². The first kappa shape index (κ1) is 22.9. The van der Waals surface area contributed by atoms with Crippen molar-refractivity contribution in [1.82, 2.24) is 24.8 Å². The van der Waals surface area contributed by atoms with Crippen LogP contribution in [0.2, 0.25) is 10.0 Å². The molecule has 11 heteroatoms. The van der Waals surface area contributed by atoms with Crippen LogP contribution in [-0.4, -0.2) is 24.8 Å². The minimum Gasteiger partial charge on any atom is -0.265 e. The summed E-state index contributed by atoms with van der Waals surface area (Å²) in [6.45, 7) is 0. The van der Waals surface area contributed by atoms with E-state index in [2.05, 4.69) is 20.3 Å². The number of fused-ring (bicyclic) bond motifs is 1. The summed E-state index contributed by atoms with van der Waals surface area (Å²) in [4.78, 5) is 16.6. The van der Waals surface area contributed by atoms with E-state index in [1.807, 2.05) is 12.1 Å². The molecule has 0 saturated heterocycles. The molecule has 0 saturated carbocycles. The maximum Gasteiger partial charge on any atom is 0.433 e. The van der Waals surface area contributed by atoms with Gasteiger partial charge in [-0.25, -0.2) is 0 Å². The second-order valence-corrected chi connectivity index (χ2v) is 8.34. The van der Waals surface area contributed by atoms with Crippen molar-refractivity contribution in [2.75, 3.05) is 0 Å². The van der Waals surface area contributed by atoms with Gasteiger partial charge < -0.3 is 0 Å². The molecule has 0 bridgehead atoms. The van der Waals surface area contributed by atoms with E-state index in [-0.39, 0.29) is 16.9 Å². The van der Waals surface area contributed by atoms with Crippen LogP contribution in [0.25, 0.3) is 39.2 Å². The zero-order chi connectivity index (χ0) is 24.7. The third-order valence-electron chi connectivity index (χ3n) is 5.25. The monoisotopic (exact) mass is 513 g/mol. The maximum absolute atomic E-state index is 13.3. The van der Waals surface area contributed by atoms with E-state index in [9.17, 15) is 18.0 Å². The zero-order valence-electron chi connectivity index (χ0n) is 17.5. The predicted molar refractivity (Wildman–Crippen MR) is 126 cm³/mol. The Hall–Kier alpha value is -3.82. The van der Waals surface area contributed by atoms with Crippen molar-refractivity contribution >= 4 is 28.8 Å². The molecule has 35 heavy (non-hydrogen) atoms. The number of benzene rings is 2. The van der Waals surface area contributed by atoms with E-state index in [4.69, 9.17) is 23.2 Å². The Bertz CT molecular complexity index is 1600. The van der Waals surface area contributed by atoms with Gasteiger partial charge >= 0.3 is 11.7 Å². The van der Waals surface area contributed by atoms with Gasteiger partial charge in [-0.05, 0) is 47.5 Å². The molecule has 0 aliphatic carbocycles. The van der Waals surface area contributed by atoms with E-state index >= 15 is 0 Å². The van der Waals surface area contributed by atoms with Crippen molar-refractivity contribution in [3.05, 3.63) is 99.2 Å². The number of rotatable bonds is 3. The summed E-state index contributed by atoms with van der Waals surface area (Å²) in [5.74, 6) is 0. The van der Waals surface area contributed by atoms with Gasteiger partial charge in [0.05, 0.1) is 6.20 Å². The topological polar surface area (TPSA) is 73.0 Å². The fourth-order valence-corrected chi connectivity index (χ4v) is 3.83. The minimum absolute atomic E-state index is 0.0847. The zero-order valence-corrected chi connectivity index (χ0v) is 19.0. The standard InChI is InChI=1S/C24H12Cl2F3N5O/c25-16-6-1-13(2-7-16)18-12-31-34-22(20(18)14-3-8-17(26)9-4-14)33-32-21(23(34)35)15-5-10-19(30-11-15)24(27,28)29/h1-12H. The first-order valence-electron chi connectivity index (χ1n) is 10.1. The summed E-state index contributed by atoms with van der Waals surface area (Å²) in [5.41, 5.74) is 1.05. The molecule has 5 aromatic rings. The molecule has 2 aromatic carbocycles. The van der Waals surface area contributed by atoms with Crippen LogP contribution in [-0.2, 0) is 6.18 Å². The van der Waals surface area contributed by atoms with Crippen LogP contribution in [0.4, 0.5) is 13.2 Å². The molecule has 0 amide bonds. The van der Waals surface area contributed by atoms with Crippen molar-refractivity contribution in [3.63, 3.8) is 0 Å². The van der Waals surface area contributed by atoms with Gasteiger partial charge in [-0.3, -0.25) is 9.78 Å². The molecule has 0 radical (unpaired) electrons. The molecule has 3 heterocycles. The Morgan fingerprint density at radius 2 is 1.34 bits per heavy atom. The summed E-state index contributed by atoms with van der Waals surface area (Å²) in [6, 6.07) is 15.9. The molecule has 6 nitrogen and oxygen atoms in total. The van der Waals surface area contributed by atoms with Gasteiger partial charge in [0.1, 0.15) is 5.69 Å². The normalized spacial score (nSPS) is 11.7. The third-order valence-corrected chi connectivity index (χ3v) is 5.75. The van der Waals surface area contributed by atoms with E-state index in [1.54, 1.807) is 36.4 Å². The highest BCUT2D eigenvalue weighted by Gasteiger charge is 2.32. The third kappa shape index (κ3) is 4.36. The Kier molecular flexibility index (Phi) is 5.74. The van der Waals surface area contributed by atoms with Crippen LogP contribution in [0, 0.1) is 0 Å². The Morgan fingerprint density at radius 3 is 1.91 bits per heavy atom. The highest BCUT2D eigenvalue weighted by molar-refractivity contribution is 6.31. The summed E-state index contributed by atoms with van der Waals surface area (Å²) in [7, 11) is 0. The largest absolute Gasteiger partial charge is 0.433 e. The molecule has 3 aromatic heterocycles. The fourth-order valence-electron chi connectivity index (χ4n) is 3.57. The van der Waals surface area contributed by atoms with Gasteiger partial charge in [0.2, 0.25) is 0 Å². The maximum atomic E-state index is 13.3. The fraction of sp³-hybridized carbons (Fsp3) is 0.0417. The molecule has 0 N–H and O–H groups in total. The number of aromatic nitrogens is 5. The minimum atomic E-state index is -4.60. The lowest BCUT2D eigenvalue weighted by Crippen LogP contribution is -2.22. The number of halogens is 5. The summed E-state index contributed by atoms with van der Waals surface area (Å²) in [5, 5.41) is 13.6. The molecule has 0 aliphatic rings. The molecule has 0 aliphatic heterocycles. The van der Waals surface area contributed by atoms with Crippen molar-refractivity contribution in [3.8, 4) is 33.5 Å². The predicted octanol–water partition coefficient (Wildman–Crippen LogP) is 6.21. The molecule has 0 unspecified atom stereocenters. The molecule has 0 atom stereocenters. The van der Waals surface area contributed by atoms with Crippen molar-refractivity contribution < 1.29 is 13.2 Å². The smallest absolute Gasteiger partial charge is 0.265 e. The quantitative estimate of drug-likeness (QED) is 0.287. The van der Waals surface area contributed by atoms with Gasteiger partial charge in [0.25, 0.3) is 0 Å². The molecule has 5 rings (SSSR count). The molecule has 0 spiro atoms. The second-order valence-electron chi connectivity index (χ2n) is 7.47. The first-order valence-corrected chi connectivity index (χ1v) is 10.8. The lowest BCUT2D eigenvalue weighted by Gasteiger charge is -2.13. The second kappa shape index (κ2) is 8.75. The van der Waals surface area contributed by atoms with E-state index in [1.165, 1.54) is 6.20 Å². The van der Waals surface area contributed by atoms with Crippen LogP contribution in [0.5, 0.6) is 0 Å². The molecule has 0 fully saturated rings. The molecular formula is C24H12Cl2F3N5O. The van der Waals surface area contributed by atoms with Crippen LogP contribution < -0.4 is 5.56 Å². The number of nitrogens with zero attached hydrogens (tertiary/aromatic N) is 5. The number of alkyl halides is 3. The van der Waals surface area contributed by atoms with Gasteiger partial charge in [0, 0.05) is 32.9 Å². The Balaban J connectivity index is 1.73. The average molecular weight is 514 g/mol. The van der Waals surface area contributed by atoms with Crippen LogP contribution in [0.15, 0.2) is 77.9 Å². The van der Waals surface area contributed by atoms with Crippen LogP contribution >= 0.6 is 23.2 Å². The van der Waals surface area contributed by atoms with Gasteiger partial charge in [-0.15, -0.1) is 10.2 Å². The van der Waals surface area contributed by atoms with Gasteiger partial charge in [-0.2, -0.15) is 22.8 Å². The summed E-state index contributed by atoms with van der Waals surface area (Å²) < 4.78 is 39.6. The van der Waals surface area contributed by atoms with E-state index in [0.29, 0.717) is 26.7 Å². The Labute approximate surface area is 205 Å². The molecule has 174 valence electrons. The first-order chi connectivity index (χ1) is 16.7. The lowest BCUT2D eigenvalue weighted by molar-refractivity contribution is -0.141.